The Kier molecular flexibility index (Phi) is 7.08. The van der Waals surface area contributed by atoms with Crippen LogP contribution < -0.4 is 0 Å². The van der Waals surface area contributed by atoms with E-state index in [1.807, 2.05) is 12.1 Å². The Hall–Kier alpha value is -8.18. The fourth-order valence-corrected chi connectivity index (χ4v) is 11.4. The Morgan fingerprint density at radius 1 is 0.484 bits per heavy atom. The number of rotatable bonds is 3. The first kappa shape index (κ1) is 34.7. The summed E-state index contributed by atoms with van der Waals surface area (Å²) in [6, 6.07) is 66.0. The second-order valence-electron chi connectivity index (χ2n) is 17.1. The van der Waals surface area contributed by atoms with Gasteiger partial charge < -0.3 is 9.13 Å². The highest BCUT2D eigenvalue weighted by atomic mass is 15.0. The number of hydrogen-bond donors (Lipinski definition) is 0. The summed E-state index contributed by atoms with van der Waals surface area (Å²) in [5.74, 6) is 0.301. The topological polar surface area (TPSA) is 57.4 Å². The molecule has 0 N–H and O–H groups in total. The van der Waals surface area contributed by atoms with Crippen molar-refractivity contribution in [3.05, 3.63) is 221 Å². The lowest BCUT2D eigenvalue weighted by atomic mass is 9.70. The molecule has 2 aromatic heterocycles. The van der Waals surface area contributed by atoms with Crippen LogP contribution in [0, 0.1) is 22.7 Å². The van der Waals surface area contributed by atoms with Crippen molar-refractivity contribution in [1.29, 1.82) is 10.5 Å². The van der Waals surface area contributed by atoms with Crippen molar-refractivity contribution in [2.24, 2.45) is 0 Å². The number of allylic oxidation sites excluding steroid dienone is 1. The van der Waals surface area contributed by atoms with E-state index in [4.69, 9.17) is 0 Å². The third kappa shape index (κ3) is 4.48. The maximum Gasteiger partial charge on any atom is 0.0991 e. The van der Waals surface area contributed by atoms with Crippen LogP contribution in [0.25, 0.3) is 83.5 Å². The van der Waals surface area contributed by atoms with Gasteiger partial charge in [-0.1, -0.05) is 110 Å². The Bertz CT molecular complexity index is 3650. The molecule has 1 unspecified atom stereocenters. The summed E-state index contributed by atoms with van der Waals surface area (Å²) >= 11 is 0. The van der Waals surface area contributed by atoms with E-state index in [2.05, 4.69) is 198 Å². The van der Waals surface area contributed by atoms with E-state index in [1.165, 1.54) is 77.3 Å². The van der Waals surface area contributed by atoms with Crippen LogP contribution in [0.2, 0.25) is 0 Å². The van der Waals surface area contributed by atoms with E-state index in [0.29, 0.717) is 17.0 Å². The molecule has 4 nitrogen and oxygen atoms in total. The van der Waals surface area contributed by atoms with E-state index in [0.717, 1.165) is 40.0 Å². The molecule has 0 bridgehead atoms. The van der Waals surface area contributed by atoms with Gasteiger partial charge >= 0.3 is 0 Å². The van der Waals surface area contributed by atoms with Gasteiger partial charge in [0.2, 0.25) is 0 Å². The molecule has 4 heteroatoms. The zero-order valence-corrected chi connectivity index (χ0v) is 33.9. The molecule has 0 aliphatic heterocycles. The molecule has 13 rings (SSSR count). The molecule has 0 amide bonds. The predicted molar refractivity (Wildman–Crippen MR) is 251 cm³/mol. The molecule has 288 valence electrons. The van der Waals surface area contributed by atoms with Gasteiger partial charge in [0.25, 0.3) is 0 Å². The van der Waals surface area contributed by atoms with Crippen molar-refractivity contribution in [3.8, 4) is 56.9 Å². The first-order chi connectivity index (χ1) is 30.6. The minimum absolute atomic E-state index is 0.301. The van der Waals surface area contributed by atoms with Gasteiger partial charge in [-0.3, -0.25) is 0 Å². The van der Waals surface area contributed by atoms with Gasteiger partial charge in [-0.2, -0.15) is 10.5 Å². The SMILES string of the molecule is CC1CC=Cc2c1n(-c1ccc3c(c1)C1(c4ccccc4-3)c3cc(C#N)ccc3-c3ccc(C#N)cc31)c1ccc(-c3ccc4c(c3)c3ccccc3n4-c3ccccc3)cc21. The third-order valence-corrected chi connectivity index (χ3v) is 14.0. The molecule has 1 atom stereocenters. The maximum absolute atomic E-state index is 10.2. The number of nitrogens with zero attached hydrogens (tertiary/aromatic N) is 4. The van der Waals surface area contributed by atoms with Gasteiger partial charge in [0.1, 0.15) is 0 Å². The Labute approximate surface area is 359 Å². The first-order valence-corrected chi connectivity index (χ1v) is 21.3. The zero-order valence-electron chi connectivity index (χ0n) is 33.9. The molecule has 3 aliphatic carbocycles. The summed E-state index contributed by atoms with van der Waals surface area (Å²) in [5, 5.41) is 24.2. The number of para-hydroxylation sites is 2. The summed E-state index contributed by atoms with van der Waals surface area (Å²) in [7, 11) is 0. The molecule has 1 spiro atoms. The quantitative estimate of drug-likeness (QED) is 0.179. The lowest BCUT2D eigenvalue weighted by Crippen LogP contribution is -2.26. The standard InChI is InChI=1S/C58H36N4/c1-35-10-9-15-47-49-31-39(38-20-26-55-48(30-38)46-14-6-8-17-54(46)61(55)40-11-3-2-4-12-40)21-27-56(49)62(57(35)47)41-22-25-45-42-13-5-7-16-50(42)58(53(45)32-41)51-28-36(33-59)18-23-43(51)44-24-19-37(34-60)29-52(44)58/h2-9,11-32,35H,10H2,1H3. The highest BCUT2D eigenvalue weighted by Crippen LogP contribution is 2.63. The van der Waals surface area contributed by atoms with Crippen LogP contribution in [0.5, 0.6) is 0 Å². The van der Waals surface area contributed by atoms with Gasteiger partial charge in [-0.05, 0) is 141 Å². The number of hydrogen-bond acceptors (Lipinski definition) is 2. The Morgan fingerprint density at radius 2 is 1.06 bits per heavy atom. The largest absolute Gasteiger partial charge is 0.313 e. The third-order valence-electron chi connectivity index (χ3n) is 14.0. The van der Waals surface area contributed by atoms with Crippen LogP contribution in [-0.2, 0) is 5.41 Å². The van der Waals surface area contributed by atoms with Crippen LogP contribution in [0.4, 0.5) is 0 Å². The van der Waals surface area contributed by atoms with Crippen LogP contribution >= 0.6 is 0 Å². The summed E-state index contributed by atoms with van der Waals surface area (Å²) in [5.41, 5.74) is 20.5. The molecule has 2 heterocycles. The Morgan fingerprint density at radius 3 is 1.79 bits per heavy atom. The average molecular weight is 789 g/mol. The normalized spacial score (nSPS) is 15.0. The van der Waals surface area contributed by atoms with E-state index in [1.54, 1.807) is 0 Å². The lowest BCUT2D eigenvalue weighted by molar-refractivity contribution is 0.722. The second kappa shape index (κ2) is 12.7. The van der Waals surface area contributed by atoms with Crippen molar-refractivity contribution in [3.63, 3.8) is 0 Å². The fourth-order valence-electron chi connectivity index (χ4n) is 11.4. The minimum Gasteiger partial charge on any atom is -0.313 e. The second-order valence-corrected chi connectivity index (χ2v) is 17.1. The molecule has 0 fully saturated rings. The molecule has 0 radical (unpaired) electrons. The van der Waals surface area contributed by atoms with Crippen molar-refractivity contribution in [2.45, 2.75) is 24.7 Å². The number of aromatic nitrogens is 2. The van der Waals surface area contributed by atoms with Gasteiger partial charge in [-0.25, -0.2) is 0 Å². The van der Waals surface area contributed by atoms with Crippen molar-refractivity contribution in [2.75, 3.05) is 0 Å². The molecule has 0 saturated heterocycles. The molecule has 10 aromatic rings. The number of benzene rings is 8. The van der Waals surface area contributed by atoms with E-state index < -0.39 is 5.41 Å². The van der Waals surface area contributed by atoms with Gasteiger partial charge in [0, 0.05) is 44.7 Å². The first-order valence-electron chi connectivity index (χ1n) is 21.3. The van der Waals surface area contributed by atoms with Gasteiger partial charge in [0.05, 0.1) is 45.2 Å². The number of fused-ring (bicyclic) bond motifs is 16. The zero-order chi connectivity index (χ0) is 41.3. The van der Waals surface area contributed by atoms with Crippen LogP contribution in [0.15, 0.2) is 176 Å². The monoisotopic (exact) mass is 788 g/mol. The fraction of sp³-hybridized carbons (Fsp3) is 0.0690. The molecule has 62 heavy (non-hydrogen) atoms. The lowest BCUT2D eigenvalue weighted by Gasteiger charge is -2.31. The van der Waals surface area contributed by atoms with Crippen molar-refractivity contribution >= 4 is 38.8 Å². The van der Waals surface area contributed by atoms with Crippen LogP contribution in [0.1, 0.15) is 63.9 Å². The smallest absolute Gasteiger partial charge is 0.0991 e. The minimum atomic E-state index is -0.698. The predicted octanol–water partition coefficient (Wildman–Crippen LogP) is 14.0. The van der Waals surface area contributed by atoms with Gasteiger partial charge in [0.15, 0.2) is 0 Å². The van der Waals surface area contributed by atoms with Crippen molar-refractivity contribution < 1.29 is 0 Å². The maximum atomic E-state index is 10.2. The Balaban J connectivity index is 1.03. The summed E-state index contributed by atoms with van der Waals surface area (Å²) in [6.07, 6.45) is 5.62. The molecule has 3 aliphatic rings. The summed E-state index contributed by atoms with van der Waals surface area (Å²) < 4.78 is 4.87. The molecular formula is C58H36N4. The van der Waals surface area contributed by atoms with Crippen molar-refractivity contribution in [1.82, 2.24) is 9.13 Å². The average Bonchev–Trinajstić information content (AvgIpc) is 4.03. The van der Waals surface area contributed by atoms with E-state index in [9.17, 15) is 10.5 Å². The molecule has 8 aromatic carbocycles. The molecular weight excluding hydrogens is 753 g/mol. The van der Waals surface area contributed by atoms with Gasteiger partial charge in [-0.15, -0.1) is 0 Å². The van der Waals surface area contributed by atoms with Crippen LogP contribution in [0.3, 0.4) is 0 Å². The highest BCUT2D eigenvalue weighted by molar-refractivity contribution is 6.11. The van der Waals surface area contributed by atoms with E-state index >= 15 is 0 Å². The summed E-state index contributed by atoms with van der Waals surface area (Å²) in [6.45, 7) is 2.34. The number of nitriles is 2. The molecule has 0 saturated carbocycles. The highest BCUT2D eigenvalue weighted by Gasteiger charge is 2.52. The van der Waals surface area contributed by atoms with E-state index in [-0.39, 0.29) is 0 Å². The summed E-state index contributed by atoms with van der Waals surface area (Å²) in [4.78, 5) is 0. The van der Waals surface area contributed by atoms with Crippen LogP contribution in [-0.4, -0.2) is 9.13 Å².